The molecular formula is C14H11BrClFO2. The van der Waals surface area contributed by atoms with Gasteiger partial charge in [-0.2, -0.15) is 0 Å². The average Bonchev–Trinajstić information content (AvgIpc) is 2.36. The third-order valence-electron chi connectivity index (χ3n) is 2.55. The van der Waals surface area contributed by atoms with Crippen molar-refractivity contribution in [3.8, 4) is 11.5 Å². The molecule has 100 valence electrons. The van der Waals surface area contributed by atoms with Crippen LogP contribution in [0.3, 0.4) is 0 Å². The lowest BCUT2D eigenvalue weighted by Crippen LogP contribution is -1.93. The minimum absolute atomic E-state index is 0.340. The molecule has 0 aliphatic carbocycles. The van der Waals surface area contributed by atoms with E-state index in [0.29, 0.717) is 26.6 Å². The quantitative estimate of drug-likeness (QED) is 0.840. The molecule has 0 saturated carbocycles. The van der Waals surface area contributed by atoms with E-state index in [1.54, 1.807) is 31.2 Å². The third-order valence-corrected chi connectivity index (χ3v) is 3.50. The van der Waals surface area contributed by atoms with Crippen molar-refractivity contribution in [2.75, 3.05) is 0 Å². The molecule has 2 aromatic carbocycles. The summed E-state index contributed by atoms with van der Waals surface area (Å²) in [7, 11) is 0. The van der Waals surface area contributed by atoms with Gasteiger partial charge in [-0.25, -0.2) is 4.39 Å². The van der Waals surface area contributed by atoms with Crippen LogP contribution in [0.5, 0.6) is 11.5 Å². The Hall–Kier alpha value is -1.10. The topological polar surface area (TPSA) is 29.5 Å². The van der Waals surface area contributed by atoms with E-state index in [1.165, 1.54) is 12.1 Å². The summed E-state index contributed by atoms with van der Waals surface area (Å²) < 4.78 is 19.3. The minimum Gasteiger partial charge on any atom is -0.455 e. The SMILES string of the molecule is CC(O)c1ccc(Oc2cc(F)ccc2Br)c(Cl)c1. The second-order valence-corrected chi connectivity index (χ2v) is 5.30. The molecule has 19 heavy (non-hydrogen) atoms. The molecule has 0 heterocycles. The fourth-order valence-electron chi connectivity index (χ4n) is 1.53. The van der Waals surface area contributed by atoms with Gasteiger partial charge in [-0.1, -0.05) is 17.7 Å². The zero-order chi connectivity index (χ0) is 14.0. The number of hydrogen-bond donors (Lipinski definition) is 1. The molecule has 1 unspecified atom stereocenters. The van der Waals surface area contributed by atoms with Crippen LogP contribution in [0.25, 0.3) is 0 Å². The van der Waals surface area contributed by atoms with Crippen molar-refractivity contribution in [2.45, 2.75) is 13.0 Å². The zero-order valence-corrected chi connectivity index (χ0v) is 12.4. The number of halogens is 3. The molecule has 1 atom stereocenters. The molecule has 0 aromatic heterocycles. The molecule has 0 aliphatic heterocycles. The molecule has 2 rings (SSSR count). The van der Waals surface area contributed by atoms with Crippen LogP contribution >= 0.6 is 27.5 Å². The first-order valence-corrected chi connectivity index (χ1v) is 6.75. The molecule has 2 nitrogen and oxygen atoms in total. The van der Waals surface area contributed by atoms with Gasteiger partial charge in [0.05, 0.1) is 15.6 Å². The van der Waals surface area contributed by atoms with Gasteiger partial charge in [0.1, 0.15) is 17.3 Å². The van der Waals surface area contributed by atoms with Crippen molar-refractivity contribution in [3.63, 3.8) is 0 Å². The highest BCUT2D eigenvalue weighted by atomic mass is 79.9. The Morgan fingerprint density at radius 2 is 1.95 bits per heavy atom. The van der Waals surface area contributed by atoms with Gasteiger partial charge in [-0.05, 0) is 52.7 Å². The van der Waals surface area contributed by atoms with E-state index in [0.717, 1.165) is 0 Å². The van der Waals surface area contributed by atoms with Crippen LogP contribution in [0.2, 0.25) is 5.02 Å². The van der Waals surface area contributed by atoms with Crippen molar-refractivity contribution >= 4 is 27.5 Å². The smallest absolute Gasteiger partial charge is 0.146 e. The highest BCUT2D eigenvalue weighted by Gasteiger charge is 2.10. The van der Waals surface area contributed by atoms with Crippen molar-refractivity contribution in [3.05, 3.63) is 57.3 Å². The lowest BCUT2D eigenvalue weighted by Gasteiger charge is -2.11. The van der Waals surface area contributed by atoms with Gasteiger partial charge in [0.2, 0.25) is 0 Å². The molecule has 0 radical (unpaired) electrons. The van der Waals surface area contributed by atoms with Gasteiger partial charge in [-0.15, -0.1) is 0 Å². The molecule has 0 amide bonds. The Bertz CT molecular complexity index is 602. The maximum atomic E-state index is 13.2. The highest BCUT2D eigenvalue weighted by molar-refractivity contribution is 9.10. The van der Waals surface area contributed by atoms with Gasteiger partial charge in [0.15, 0.2) is 0 Å². The fourth-order valence-corrected chi connectivity index (χ4v) is 2.09. The number of aliphatic hydroxyl groups is 1. The zero-order valence-electron chi connectivity index (χ0n) is 10.0. The number of rotatable bonds is 3. The van der Waals surface area contributed by atoms with E-state index in [-0.39, 0.29) is 0 Å². The summed E-state index contributed by atoms with van der Waals surface area (Å²) in [5.41, 5.74) is 0.690. The number of aliphatic hydroxyl groups excluding tert-OH is 1. The van der Waals surface area contributed by atoms with Crippen LogP contribution in [0.4, 0.5) is 4.39 Å². The van der Waals surface area contributed by atoms with Crippen LogP contribution < -0.4 is 4.74 Å². The lowest BCUT2D eigenvalue weighted by molar-refractivity contribution is 0.199. The third kappa shape index (κ3) is 3.47. The molecule has 0 bridgehead atoms. The monoisotopic (exact) mass is 344 g/mol. The number of ether oxygens (including phenoxy) is 1. The van der Waals surface area contributed by atoms with E-state index < -0.39 is 11.9 Å². The van der Waals surface area contributed by atoms with E-state index in [1.807, 2.05) is 0 Å². The Balaban J connectivity index is 2.31. The number of hydrogen-bond acceptors (Lipinski definition) is 2. The second-order valence-electron chi connectivity index (χ2n) is 4.04. The first-order valence-electron chi connectivity index (χ1n) is 5.58. The van der Waals surface area contributed by atoms with Crippen molar-refractivity contribution in [1.82, 2.24) is 0 Å². The fraction of sp³-hybridized carbons (Fsp3) is 0.143. The van der Waals surface area contributed by atoms with Gasteiger partial charge in [-0.3, -0.25) is 0 Å². The molecule has 2 aromatic rings. The molecule has 5 heteroatoms. The van der Waals surface area contributed by atoms with Gasteiger partial charge in [0.25, 0.3) is 0 Å². The maximum Gasteiger partial charge on any atom is 0.146 e. The first-order chi connectivity index (χ1) is 8.97. The summed E-state index contributed by atoms with van der Waals surface area (Å²) in [4.78, 5) is 0. The molecule has 0 spiro atoms. The lowest BCUT2D eigenvalue weighted by atomic mass is 10.1. The largest absolute Gasteiger partial charge is 0.455 e. The summed E-state index contributed by atoms with van der Waals surface area (Å²) in [6.45, 7) is 1.65. The standard InChI is InChI=1S/C14H11BrClFO2/c1-8(18)9-2-5-13(12(16)6-9)19-14-7-10(17)3-4-11(14)15/h2-8,18H,1H3. The first kappa shape index (κ1) is 14.3. The summed E-state index contributed by atoms with van der Waals surface area (Å²) in [6, 6.07) is 9.12. The van der Waals surface area contributed by atoms with Crippen LogP contribution in [0.15, 0.2) is 40.9 Å². The molecule has 0 aliphatic rings. The minimum atomic E-state index is -0.604. The predicted molar refractivity (Wildman–Crippen MR) is 76.3 cm³/mol. The van der Waals surface area contributed by atoms with E-state index in [4.69, 9.17) is 16.3 Å². The maximum absolute atomic E-state index is 13.2. The Labute approximate surface area is 123 Å². The van der Waals surface area contributed by atoms with Crippen molar-refractivity contribution in [1.29, 1.82) is 0 Å². The van der Waals surface area contributed by atoms with Crippen LogP contribution in [0.1, 0.15) is 18.6 Å². The van der Waals surface area contributed by atoms with Crippen LogP contribution in [0, 0.1) is 5.82 Å². The summed E-state index contributed by atoms with van der Waals surface area (Å²) >= 11 is 9.35. The second kappa shape index (κ2) is 5.90. The van der Waals surface area contributed by atoms with Crippen LogP contribution in [-0.4, -0.2) is 5.11 Å². The van der Waals surface area contributed by atoms with Gasteiger partial charge in [0, 0.05) is 6.07 Å². The molecular weight excluding hydrogens is 335 g/mol. The summed E-state index contributed by atoms with van der Waals surface area (Å²) in [6.07, 6.45) is -0.604. The van der Waals surface area contributed by atoms with Crippen LogP contribution in [-0.2, 0) is 0 Å². The van der Waals surface area contributed by atoms with E-state index in [2.05, 4.69) is 15.9 Å². The van der Waals surface area contributed by atoms with Gasteiger partial charge < -0.3 is 9.84 Å². The molecule has 0 fully saturated rings. The van der Waals surface area contributed by atoms with Crippen molar-refractivity contribution < 1.29 is 14.2 Å². The highest BCUT2D eigenvalue weighted by Crippen LogP contribution is 2.35. The summed E-state index contributed by atoms with van der Waals surface area (Å²) in [5, 5.41) is 9.81. The summed E-state index contributed by atoms with van der Waals surface area (Å²) in [5.74, 6) is 0.346. The van der Waals surface area contributed by atoms with Gasteiger partial charge >= 0.3 is 0 Å². The normalized spacial score (nSPS) is 12.3. The Morgan fingerprint density at radius 3 is 2.58 bits per heavy atom. The Morgan fingerprint density at radius 1 is 1.21 bits per heavy atom. The van der Waals surface area contributed by atoms with E-state index in [9.17, 15) is 9.50 Å². The molecule has 1 N–H and O–H groups in total. The average molecular weight is 346 g/mol. The molecule has 0 saturated heterocycles. The Kier molecular flexibility index (Phi) is 4.45. The van der Waals surface area contributed by atoms with E-state index >= 15 is 0 Å². The van der Waals surface area contributed by atoms with Crippen molar-refractivity contribution in [2.24, 2.45) is 0 Å². The predicted octanol–water partition coefficient (Wildman–Crippen LogP) is 5.09. The number of benzene rings is 2.